The third-order valence-electron chi connectivity index (χ3n) is 9.46. The molecule has 0 aliphatic heterocycles. The van der Waals surface area contributed by atoms with Gasteiger partial charge in [0.05, 0.1) is 114 Å². The number of hydrogen-bond donors (Lipinski definition) is 15. The number of hydrogen-bond acceptors (Lipinski definition) is 27. The standard InChI is InChI=1S/C21H39O12.3C8H17O5.3Rf/c1-28-7-16(22)19(25)10-31-13-4-14(32-11-20(26)17(23)8-29-2)6-15(5-13)33-12-21(27)18(24)9-30-3;3*1-12-4-8(11)6-13-5-7(10)2-3-9;;;/h13-27H,1-12H2;3*7-11H,1-6H2;;;/q-3;3*-1;;;. The molecule has 1 fully saturated rings. The molecular formula is C45H90O27Rf3-6. The first-order valence-electron chi connectivity index (χ1n) is 23.1. The van der Waals surface area contributed by atoms with Crippen LogP contribution in [0.15, 0.2) is 0 Å². The maximum Gasteiger partial charge on any atom is 0.105 e. The first-order valence-corrected chi connectivity index (χ1v) is 23.1. The molecule has 0 heterocycles. The van der Waals surface area contributed by atoms with Gasteiger partial charge in [-0.05, 0) is 38.5 Å². The largest absolute Gasteiger partial charge is 0.553 e. The summed E-state index contributed by atoms with van der Waals surface area (Å²) in [4.78, 5) is 0. The van der Waals surface area contributed by atoms with Crippen molar-refractivity contribution in [1.29, 1.82) is 0 Å². The SMILES string of the molecule is [CH2-]OCC(O)C(O)COC1CC(OCC(O)C(O)CO[CH2-])CC(OCC(O)C(O)CO[CH2-])C1.[CH2-]OCC(O)COCC(O)CCO.[CH2-]OCC(O)COCC(O)CCO.[CH2-]OCC(O)COCC(O)CCO.[Rf].[Rf].[Rf]. The van der Waals surface area contributed by atoms with Crippen LogP contribution in [0, 0.1) is 42.7 Å². The Morgan fingerprint density at radius 3 is 0.653 bits per heavy atom. The van der Waals surface area contributed by atoms with Crippen LogP contribution in [0.4, 0.5) is 0 Å². The molecule has 27 nitrogen and oxygen atoms in total. The topological polar surface area (TPSA) is 414 Å². The van der Waals surface area contributed by atoms with E-state index in [2.05, 4.69) is 71.1 Å². The molecule has 0 aromatic carbocycles. The van der Waals surface area contributed by atoms with Crippen LogP contribution in [0.5, 0.6) is 0 Å². The van der Waals surface area contributed by atoms with Crippen LogP contribution in [0.3, 0.4) is 0 Å². The van der Waals surface area contributed by atoms with Crippen molar-refractivity contribution in [2.24, 2.45) is 0 Å². The Morgan fingerprint density at radius 1 is 0.280 bits per heavy atom. The molecule has 0 amide bonds. The molecule has 1 aliphatic carbocycles. The van der Waals surface area contributed by atoms with Crippen LogP contribution in [0.1, 0.15) is 38.5 Å². The smallest absolute Gasteiger partial charge is 0.105 e. The fourth-order valence-corrected chi connectivity index (χ4v) is 5.58. The van der Waals surface area contributed by atoms with Gasteiger partial charge in [0.15, 0.2) is 0 Å². The van der Waals surface area contributed by atoms with Crippen LogP contribution in [-0.2, 0) is 56.8 Å². The summed E-state index contributed by atoms with van der Waals surface area (Å²) in [6, 6.07) is 0. The van der Waals surface area contributed by atoms with E-state index in [9.17, 15) is 30.6 Å². The summed E-state index contributed by atoms with van der Waals surface area (Å²) < 4.78 is 59.0. The summed E-state index contributed by atoms with van der Waals surface area (Å²) in [7, 11) is 18.8. The van der Waals surface area contributed by atoms with E-state index >= 15 is 0 Å². The van der Waals surface area contributed by atoms with Crippen molar-refractivity contribution in [1.82, 2.24) is 0 Å². The molecule has 1 saturated carbocycles. The predicted molar refractivity (Wildman–Crippen MR) is 251 cm³/mol. The van der Waals surface area contributed by atoms with Crippen molar-refractivity contribution in [3.63, 3.8) is 0 Å². The average Bonchev–Trinajstić information content (AvgIpc) is 3.33. The predicted octanol–water partition coefficient (Wildman–Crippen LogP) is -5.34. The van der Waals surface area contributed by atoms with Crippen molar-refractivity contribution in [3.05, 3.63) is 42.7 Å². The summed E-state index contributed by atoms with van der Waals surface area (Å²) in [6.07, 6.45) is -10.5. The number of ether oxygens (including phenoxy) is 12. The second-order valence-corrected chi connectivity index (χ2v) is 16.3. The van der Waals surface area contributed by atoms with Crippen LogP contribution in [0.2, 0.25) is 0 Å². The molecule has 12 unspecified atom stereocenters. The van der Waals surface area contributed by atoms with E-state index in [-0.39, 0.29) is 138 Å². The second kappa shape index (κ2) is 56.1. The van der Waals surface area contributed by atoms with E-state index < -0.39 is 91.6 Å². The molecule has 12 atom stereocenters. The molecule has 1 aliphatic rings. The first-order chi connectivity index (χ1) is 34.3. The quantitative estimate of drug-likeness (QED) is 0.0254. The Bertz CT molecular complexity index is 944. The van der Waals surface area contributed by atoms with Crippen LogP contribution in [0.25, 0.3) is 0 Å². The summed E-state index contributed by atoms with van der Waals surface area (Å²) >= 11 is 0. The number of aliphatic hydroxyl groups is 15. The van der Waals surface area contributed by atoms with Gasteiger partial charge in [-0.2, -0.15) is 0 Å². The molecule has 75 heavy (non-hydrogen) atoms. The van der Waals surface area contributed by atoms with E-state index in [4.69, 9.17) is 74.4 Å². The second-order valence-electron chi connectivity index (χ2n) is 16.3. The third kappa shape index (κ3) is 50.5. The van der Waals surface area contributed by atoms with Gasteiger partial charge in [0, 0.05) is 59.5 Å². The maximum absolute atomic E-state index is 9.99. The van der Waals surface area contributed by atoms with Crippen molar-refractivity contribution in [2.75, 3.05) is 119 Å². The fraction of sp³-hybridized carbons (Fsp3) is 0.867. The van der Waals surface area contributed by atoms with Crippen molar-refractivity contribution in [3.8, 4) is 0 Å². The molecule has 0 bridgehead atoms. The van der Waals surface area contributed by atoms with Gasteiger partial charge >= 0.3 is 0 Å². The van der Waals surface area contributed by atoms with Crippen LogP contribution >= 0.6 is 0 Å². The van der Waals surface area contributed by atoms with Gasteiger partial charge in [-0.1, -0.05) is 0 Å². The zero-order chi connectivity index (χ0) is 55.1. The van der Waals surface area contributed by atoms with Gasteiger partial charge in [0.2, 0.25) is 0 Å². The van der Waals surface area contributed by atoms with Crippen molar-refractivity contribution < 1.29 is 133 Å². The van der Waals surface area contributed by atoms with Gasteiger partial charge in [-0.15, -0.1) is 0 Å². The molecule has 30 heteroatoms. The van der Waals surface area contributed by atoms with Crippen molar-refractivity contribution in [2.45, 2.75) is 130 Å². The van der Waals surface area contributed by atoms with Crippen molar-refractivity contribution >= 4 is 0 Å². The number of rotatable bonds is 42. The molecular weight excluding hydrogens is 1770 g/mol. The molecule has 15 N–H and O–H groups in total. The molecule has 444 valence electrons. The zero-order valence-corrected chi connectivity index (χ0v) is 62.8. The Labute approximate surface area is 424 Å². The van der Waals surface area contributed by atoms with Gasteiger partial charge in [0.1, 0.15) is 36.6 Å². The number of aliphatic hydroxyl groups excluding tert-OH is 15. The molecule has 1 rings (SSSR count). The Morgan fingerprint density at radius 2 is 0.467 bits per heavy atom. The average molecular weight is 1860 g/mol. The Kier molecular flexibility index (Phi) is 61.6. The summed E-state index contributed by atoms with van der Waals surface area (Å²) in [5, 5.41) is 139. The molecule has 0 radical (unpaired) electrons. The van der Waals surface area contributed by atoms with Gasteiger partial charge in [0.25, 0.3) is 0 Å². The van der Waals surface area contributed by atoms with E-state index in [1.807, 2.05) is 0 Å². The summed E-state index contributed by atoms with van der Waals surface area (Å²) in [5.74, 6) is 0. The Balaban J connectivity index is -0.000000236. The third-order valence-corrected chi connectivity index (χ3v) is 9.46. The van der Waals surface area contributed by atoms with E-state index in [1.54, 1.807) is 0 Å². The minimum absolute atomic E-state index is 0. The summed E-state index contributed by atoms with van der Waals surface area (Å²) in [5.41, 5.74) is 0. The molecule has 0 aromatic rings. The molecule has 0 aromatic heterocycles. The Hall–Kier alpha value is -4.08. The first kappa shape index (κ1) is 82.3. The van der Waals surface area contributed by atoms with E-state index in [1.165, 1.54) is 0 Å². The normalized spacial score (nSPS) is 20.0. The van der Waals surface area contributed by atoms with Crippen LogP contribution < -0.4 is 0 Å². The minimum Gasteiger partial charge on any atom is -0.553 e. The van der Waals surface area contributed by atoms with Gasteiger partial charge in [-0.3, -0.25) is 0 Å². The van der Waals surface area contributed by atoms with E-state index in [0.29, 0.717) is 19.3 Å². The summed E-state index contributed by atoms with van der Waals surface area (Å²) in [6.45, 7) is -0.256. The van der Waals surface area contributed by atoms with Gasteiger partial charge < -0.3 is 133 Å². The fourth-order valence-electron chi connectivity index (χ4n) is 5.58. The molecule has 0 spiro atoms. The minimum atomic E-state index is -1.19. The maximum atomic E-state index is 9.99. The van der Waals surface area contributed by atoms with Gasteiger partial charge in [-0.25, -0.2) is 42.7 Å². The molecule has 0 saturated heterocycles. The van der Waals surface area contributed by atoms with E-state index in [0.717, 1.165) is 0 Å². The monoisotopic (exact) mass is 1860 g/mol. The van der Waals surface area contributed by atoms with Crippen LogP contribution in [-0.4, -0.2) is 287 Å². The zero-order valence-electron chi connectivity index (χ0n) is 43.6.